The smallest absolute Gasteiger partial charge is 0.0272 e. The van der Waals surface area contributed by atoms with Gasteiger partial charge in [-0.05, 0) is 36.5 Å². The van der Waals surface area contributed by atoms with Gasteiger partial charge in [-0.1, -0.05) is 73.6 Å². The molecule has 0 aromatic rings. The first kappa shape index (κ1) is 17.0. The number of unbranched alkanes of at least 4 members (excludes halogenated alkanes) is 1. The highest BCUT2D eigenvalue weighted by atomic mass is 14.5. The molecule has 0 amide bonds. The normalized spacial score (nSPS) is 15.9. The molecule has 1 atom stereocenters. The zero-order chi connectivity index (χ0) is 13.4. The van der Waals surface area contributed by atoms with Crippen molar-refractivity contribution >= 4 is 0 Å². The molecule has 0 bridgehead atoms. The molecule has 0 saturated carbocycles. The molecule has 0 fully saturated rings. The monoisotopic (exact) mass is 240 g/mol. The van der Waals surface area contributed by atoms with Gasteiger partial charge in [0.15, 0.2) is 0 Å². The van der Waals surface area contributed by atoms with E-state index in [1.807, 2.05) is 0 Å². The molecule has 0 aliphatic carbocycles. The van der Waals surface area contributed by atoms with Crippen LogP contribution in [0.5, 0.6) is 0 Å². The Hall–Kier alpha value is 0. The lowest BCUT2D eigenvalue weighted by Crippen LogP contribution is -2.37. The number of rotatable bonds is 10. The summed E-state index contributed by atoms with van der Waals surface area (Å²) in [6.07, 6.45) is 12.4. The molecule has 0 rings (SSSR count). The van der Waals surface area contributed by atoms with Crippen LogP contribution in [-0.2, 0) is 0 Å². The first-order valence-electron chi connectivity index (χ1n) is 7.99. The number of hydrogen-bond acceptors (Lipinski definition) is 0. The number of hydrogen-bond donors (Lipinski definition) is 0. The third kappa shape index (κ3) is 4.64. The predicted molar refractivity (Wildman–Crippen MR) is 80.5 cm³/mol. The van der Waals surface area contributed by atoms with E-state index < -0.39 is 0 Å². The maximum Gasteiger partial charge on any atom is -0.0272 e. The molecule has 0 N–H and O–H groups in total. The van der Waals surface area contributed by atoms with Gasteiger partial charge in [-0.15, -0.1) is 0 Å². The minimum atomic E-state index is 0.557. The molecular formula is C17H36. The van der Waals surface area contributed by atoms with Gasteiger partial charge in [0.1, 0.15) is 0 Å². The van der Waals surface area contributed by atoms with E-state index in [0.717, 1.165) is 0 Å². The largest absolute Gasteiger partial charge is 0.0654 e. The fourth-order valence-electron chi connectivity index (χ4n) is 3.68. The summed E-state index contributed by atoms with van der Waals surface area (Å²) in [7, 11) is 0. The summed E-state index contributed by atoms with van der Waals surface area (Å²) in [5.74, 6) is 0. The molecule has 17 heavy (non-hydrogen) atoms. The van der Waals surface area contributed by atoms with Crippen molar-refractivity contribution in [3.63, 3.8) is 0 Å². The van der Waals surface area contributed by atoms with E-state index in [1.165, 1.54) is 57.8 Å². The molecule has 0 aliphatic rings. The molecule has 1 unspecified atom stereocenters. The summed E-state index contributed by atoms with van der Waals surface area (Å²) in [6.45, 7) is 14.5. The lowest BCUT2D eigenvalue weighted by molar-refractivity contribution is 0.0264. The van der Waals surface area contributed by atoms with Crippen molar-refractivity contribution in [2.75, 3.05) is 0 Å². The van der Waals surface area contributed by atoms with Crippen molar-refractivity contribution in [1.82, 2.24) is 0 Å². The minimum absolute atomic E-state index is 0.557. The van der Waals surface area contributed by atoms with Crippen LogP contribution in [0.4, 0.5) is 0 Å². The third-order valence-corrected chi connectivity index (χ3v) is 4.94. The Morgan fingerprint density at radius 3 is 1.18 bits per heavy atom. The second-order valence-electron chi connectivity index (χ2n) is 6.47. The van der Waals surface area contributed by atoms with Crippen molar-refractivity contribution in [3.8, 4) is 0 Å². The lowest BCUT2D eigenvalue weighted by Gasteiger charge is -2.48. The molecular weight excluding hydrogens is 204 g/mol. The maximum absolute atomic E-state index is 2.57. The molecule has 0 saturated heterocycles. The zero-order valence-electron chi connectivity index (χ0n) is 13.4. The SMILES string of the molecule is CCCCC(C)(CCC)C(C)(CCC)CCC. The van der Waals surface area contributed by atoms with E-state index in [1.54, 1.807) is 0 Å². The average molecular weight is 240 g/mol. The molecule has 0 aromatic heterocycles. The first-order chi connectivity index (χ1) is 7.99. The molecule has 0 heteroatoms. The van der Waals surface area contributed by atoms with Gasteiger partial charge in [-0.2, -0.15) is 0 Å². The molecule has 104 valence electrons. The van der Waals surface area contributed by atoms with Crippen LogP contribution in [0.2, 0.25) is 0 Å². The minimum Gasteiger partial charge on any atom is -0.0654 e. The van der Waals surface area contributed by atoms with Crippen LogP contribution in [-0.4, -0.2) is 0 Å². The van der Waals surface area contributed by atoms with E-state index in [-0.39, 0.29) is 0 Å². The van der Waals surface area contributed by atoms with E-state index in [0.29, 0.717) is 10.8 Å². The summed E-state index contributed by atoms with van der Waals surface area (Å²) in [4.78, 5) is 0. The Morgan fingerprint density at radius 1 is 0.529 bits per heavy atom. The molecule has 0 spiro atoms. The van der Waals surface area contributed by atoms with Crippen LogP contribution in [0.25, 0.3) is 0 Å². The highest BCUT2D eigenvalue weighted by Crippen LogP contribution is 2.52. The quantitative estimate of drug-likeness (QED) is 0.404. The predicted octanol–water partition coefficient (Wildman–Crippen LogP) is 6.59. The van der Waals surface area contributed by atoms with Gasteiger partial charge in [0.05, 0.1) is 0 Å². The standard InChI is InChI=1S/C17H36/c1-7-11-15-17(6,14-10-4)16(5,12-8-2)13-9-3/h7-15H2,1-6H3. The van der Waals surface area contributed by atoms with Crippen LogP contribution in [0.3, 0.4) is 0 Å². The summed E-state index contributed by atoms with van der Waals surface area (Å²) < 4.78 is 0. The van der Waals surface area contributed by atoms with Gasteiger partial charge in [-0.25, -0.2) is 0 Å². The van der Waals surface area contributed by atoms with Crippen molar-refractivity contribution in [2.24, 2.45) is 10.8 Å². The zero-order valence-corrected chi connectivity index (χ0v) is 13.4. The van der Waals surface area contributed by atoms with Crippen LogP contribution in [0.1, 0.15) is 99.3 Å². The van der Waals surface area contributed by atoms with Crippen LogP contribution >= 0.6 is 0 Å². The Bertz CT molecular complexity index is 176. The van der Waals surface area contributed by atoms with Crippen LogP contribution < -0.4 is 0 Å². The maximum atomic E-state index is 2.57. The highest BCUT2D eigenvalue weighted by molar-refractivity contribution is 4.91. The van der Waals surface area contributed by atoms with Crippen molar-refractivity contribution < 1.29 is 0 Å². The van der Waals surface area contributed by atoms with E-state index >= 15 is 0 Å². The van der Waals surface area contributed by atoms with Gasteiger partial charge in [-0.3, -0.25) is 0 Å². The average Bonchev–Trinajstić information content (AvgIpc) is 2.27. The lowest BCUT2D eigenvalue weighted by atomic mass is 9.57. The van der Waals surface area contributed by atoms with Gasteiger partial charge < -0.3 is 0 Å². The van der Waals surface area contributed by atoms with E-state index in [4.69, 9.17) is 0 Å². The Morgan fingerprint density at radius 2 is 0.882 bits per heavy atom. The van der Waals surface area contributed by atoms with Crippen molar-refractivity contribution in [1.29, 1.82) is 0 Å². The molecule has 0 heterocycles. The summed E-state index contributed by atoms with van der Waals surface area (Å²) in [5.41, 5.74) is 1.12. The molecule has 0 nitrogen and oxygen atoms in total. The topological polar surface area (TPSA) is 0 Å². The van der Waals surface area contributed by atoms with Crippen LogP contribution in [0, 0.1) is 10.8 Å². The Kier molecular flexibility index (Phi) is 8.16. The highest BCUT2D eigenvalue weighted by Gasteiger charge is 2.41. The Labute approximate surface area is 111 Å². The molecule has 0 aromatic carbocycles. The molecule has 0 radical (unpaired) electrons. The van der Waals surface area contributed by atoms with Gasteiger partial charge in [0.25, 0.3) is 0 Å². The fourth-order valence-corrected chi connectivity index (χ4v) is 3.68. The fraction of sp³-hybridized carbons (Fsp3) is 1.00. The Balaban J connectivity index is 4.90. The van der Waals surface area contributed by atoms with Crippen molar-refractivity contribution in [3.05, 3.63) is 0 Å². The third-order valence-electron chi connectivity index (χ3n) is 4.94. The second-order valence-corrected chi connectivity index (χ2v) is 6.47. The van der Waals surface area contributed by atoms with E-state index in [2.05, 4.69) is 41.5 Å². The first-order valence-corrected chi connectivity index (χ1v) is 7.99. The van der Waals surface area contributed by atoms with Gasteiger partial charge in [0, 0.05) is 0 Å². The van der Waals surface area contributed by atoms with E-state index in [9.17, 15) is 0 Å². The summed E-state index contributed by atoms with van der Waals surface area (Å²) in [6, 6.07) is 0. The van der Waals surface area contributed by atoms with Gasteiger partial charge in [0.2, 0.25) is 0 Å². The van der Waals surface area contributed by atoms with Crippen LogP contribution in [0.15, 0.2) is 0 Å². The second kappa shape index (κ2) is 8.16. The van der Waals surface area contributed by atoms with Crippen molar-refractivity contribution in [2.45, 2.75) is 99.3 Å². The summed E-state index contributed by atoms with van der Waals surface area (Å²) in [5, 5.41) is 0. The molecule has 0 aliphatic heterocycles. The summed E-state index contributed by atoms with van der Waals surface area (Å²) >= 11 is 0. The van der Waals surface area contributed by atoms with Gasteiger partial charge >= 0.3 is 0 Å².